The molecule has 0 aromatic heterocycles. The lowest BCUT2D eigenvalue weighted by atomic mass is 9.44. The second-order valence-corrected chi connectivity index (χ2v) is 8.16. The fourth-order valence-corrected chi connectivity index (χ4v) is 5.55. The Labute approximate surface area is 106 Å². The largest absolute Gasteiger partial charge is 0.296 e. The van der Waals surface area contributed by atoms with Crippen LogP contribution in [0, 0.1) is 16.7 Å². The first kappa shape index (κ1) is 10.8. The smallest absolute Gasteiger partial charge is 0.0220 e. The molecule has 0 aromatic rings. The molecule has 0 radical (unpaired) electrons. The quantitative estimate of drug-likeness (QED) is 0.700. The van der Waals surface area contributed by atoms with E-state index in [0.29, 0.717) is 5.54 Å². The molecule has 5 fully saturated rings. The van der Waals surface area contributed by atoms with Gasteiger partial charge in [-0.2, -0.15) is 0 Å². The molecule has 96 valence electrons. The summed E-state index contributed by atoms with van der Waals surface area (Å²) in [7, 11) is 0. The van der Waals surface area contributed by atoms with E-state index >= 15 is 0 Å². The van der Waals surface area contributed by atoms with Crippen molar-refractivity contribution in [3.05, 3.63) is 0 Å². The molecule has 4 aliphatic carbocycles. The van der Waals surface area contributed by atoms with Crippen LogP contribution >= 0.6 is 0 Å². The highest BCUT2D eigenvalue weighted by atomic mass is 15.3. The van der Waals surface area contributed by atoms with Gasteiger partial charge in [0, 0.05) is 18.6 Å². The monoisotopic (exact) mass is 233 g/mol. The van der Waals surface area contributed by atoms with Crippen LogP contribution in [-0.2, 0) is 0 Å². The second kappa shape index (κ2) is 3.10. The van der Waals surface area contributed by atoms with Crippen LogP contribution in [0.5, 0.6) is 0 Å². The van der Waals surface area contributed by atoms with Crippen molar-refractivity contribution in [2.24, 2.45) is 16.7 Å². The van der Waals surface area contributed by atoms with Crippen LogP contribution in [-0.4, -0.2) is 23.5 Å². The van der Waals surface area contributed by atoms with Crippen LogP contribution in [0.4, 0.5) is 0 Å². The van der Waals surface area contributed by atoms with Gasteiger partial charge in [0.25, 0.3) is 0 Å². The summed E-state index contributed by atoms with van der Waals surface area (Å²) < 4.78 is 0. The molecule has 5 aliphatic rings. The zero-order valence-electron chi connectivity index (χ0n) is 11.6. The van der Waals surface area contributed by atoms with Crippen molar-refractivity contribution in [3.63, 3.8) is 0 Å². The summed E-state index contributed by atoms with van der Waals surface area (Å²) in [5, 5.41) is 0. The summed E-state index contributed by atoms with van der Waals surface area (Å²) in [4.78, 5) is 2.89. The third-order valence-electron chi connectivity index (χ3n) is 7.04. The molecule has 2 bridgehead atoms. The highest BCUT2D eigenvalue weighted by Gasteiger charge is 2.64. The minimum absolute atomic E-state index is 0.684. The maximum absolute atomic E-state index is 2.89. The molecule has 1 spiro atoms. The summed E-state index contributed by atoms with van der Waals surface area (Å²) in [6, 6.07) is 0. The average Bonchev–Trinajstić information content (AvgIpc) is 2.12. The number of nitrogens with zero attached hydrogens (tertiary/aromatic N) is 1. The number of fused-ring (bicyclic) bond motifs is 2. The van der Waals surface area contributed by atoms with Gasteiger partial charge in [-0.1, -0.05) is 26.7 Å². The lowest BCUT2D eigenvalue weighted by molar-refractivity contribution is -0.214. The molecule has 0 atom stereocenters. The second-order valence-electron chi connectivity index (χ2n) is 8.16. The van der Waals surface area contributed by atoms with Crippen molar-refractivity contribution in [2.45, 2.75) is 70.8 Å². The normalized spacial score (nSPS) is 47.5. The van der Waals surface area contributed by atoms with E-state index in [2.05, 4.69) is 18.7 Å². The minimum atomic E-state index is 0.684. The Morgan fingerprint density at radius 2 is 1.53 bits per heavy atom. The Bertz CT molecular complexity index is 325. The number of likely N-dealkylation sites (tertiary alicyclic amines) is 1. The van der Waals surface area contributed by atoms with Gasteiger partial charge in [-0.15, -0.1) is 0 Å². The molecule has 4 saturated carbocycles. The summed E-state index contributed by atoms with van der Waals surface area (Å²) in [5.74, 6) is 0.912. The van der Waals surface area contributed by atoms with E-state index in [1.54, 1.807) is 0 Å². The van der Waals surface area contributed by atoms with E-state index in [1.807, 2.05) is 0 Å². The molecule has 1 heteroatoms. The van der Waals surface area contributed by atoms with Gasteiger partial charge in [-0.05, 0) is 55.3 Å². The van der Waals surface area contributed by atoms with Gasteiger partial charge < -0.3 is 0 Å². The van der Waals surface area contributed by atoms with Crippen LogP contribution in [0.2, 0.25) is 0 Å². The molecular weight excluding hydrogens is 206 g/mol. The van der Waals surface area contributed by atoms with Crippen LogP contribution in [0.25, 0.3) is 0 Å². The Morgan fingerprint density at radius 3 is 2.06 bits per heavy atom. The van der Waals surface area contributed by atoms with Gasteiger partial charge in [-0.25, -0.2) is 0 Å². The molecule has 17 heavy (non-hydrogen) atoms. The molecule has 0 amide bonds. The number of rotatable bonds is 2. The summed E-state index contributed by atoms with van der Waals surface area (Å²) in [6.07, 6.45) is 12.2. The Morgan fingerprint density at radius 1 is 0.882 bits per heavy atom. The van der Waals surface area contributed by atoms with Crippen molar-refractivity contribution in [2.75, 3.05) is 13.1 Å². The number of hydrogen-bond donors (Lipinski definition) is 0. The SMILES string of the molecule is CC(C)C12CCCC(N3CC4(CCC4)C3)(C1)C2. The van der Waals surface area contributed by atoms with Crippen LogP contribution < -0.4 is 0 Å². The fourth-order valence-electron chi connectivity index (χ4n) is 5.55. The molecule has 5 rings (SSSR count). The summed E-state index contributed by atoms with van der Waals surface area (Å²) in [6.45, 7) is 7.83. The molecule has 0 aromatic carbocycles. The fraction of sp³-hybridized carbons (Fsp3) is 1.00. The van der Waals surface area contributed by atoms with Crippen molar-refractivity contribution in [1.82, 2.24) is 4.90 Å². The maximum Gasteiger partial charge on any atom is 0.0220 e. The highest BCUT2D eigenvalue weighted by molar-refractivity contribution is 5.18. The molecular formula is C16H27N. The first-order chi connectivity index (χ1) is 8.08. The van der Waals surface area contributed by atoms with Gasteiger partial charge in [0.1, 0.15) is 0 Å². The molecule has 1 nitrogen and oxygen atoms in total. The van der Waals surface area contributed by atoms with Gasteiger partial charge >= 0.3 is 0 Å². The van der Waals surface area contributed by atoms with Gasteiger partial charge in [0.15, 0.2) is 0 Å². The van der Waals surface area contributed by atoms with Crippen molar-refractivity contribution in [1.29, 1.82) is 0 Å². The Kier molecular flexibility index (Phi) is 1.98. The zero-order valence-corrected chi connectivity index (χ0v) is 11.6. The number of hydrogen-bond acceptors (Lipinski definition) is 1. The highest BCUT2D eigenvalue weighted by Crippen LogP contribution is 2.66. The van der Waals surface area contributed by atoms with Gasteiger partial charge in [0.2, 0.25) is 0 Å². The van der Waals surface area contributed by atoms with E-state index < -0.39 is 0 Å². The average molecular weight is 233 g/mol. The van der Waals surface area contributed by atoms with Gasteiger partial charge in [0.05, 0.1) is 0 Å². The third kappa shape index (κ3) is 1.25. The van der Waals surface area contributed by atoms with Crippen molar-refractivity contribution in [3.8, 4) is 0 Å². The first-order valence-electron chi connectivity index (χ1n) is 7.83. The standard InChI is InChI=1S/C16H27N/c1-13(2)15-7-4-8-16(9-15,10-15)17-11-14(12-17)5-3-6-14/h13H,3-12H2,1-2H3. The van der Waals surface area contributed by atoms with Crippen LogP contribution in [0.3, 0.4) is 0 Å². The third-order valence-corrected chi connectivity index (χ3v) is 7.04. The Hall–Kier alpha value is -0.0400. The minimum Gasteiger partial charge on any atom is -0.296 e. The van der Waals surface area contributed by atoms with E-state index in [9.17, 15) is 0 Å². The van der Waals surface area contributed by atoms with E-state index in [1.165, 1.54) is 64.5 Å². The topological polar surface area (TPSA) is 3.24 Å². The van der Waals surface area contributed by atoms with Crippen LogP contribution in [0.15, 0.2) is 0 Å². The van der Waals surface area contributed by atoms with Crippen LogP contribution in [0.1, 0.15) is 65.2 Å². The van der Waals surface area contributed by atoms with Gasteiger partial charge in [-0.3, -0.25) is 4.90 Å². The Balaban J connectivity index is 1.46. The maximum atomic E-state index is 2.89. The predicted molar refractivity (Wildman–Crippen MR) is 70.9 cm³/mol. The first-order valence-corrected chi connectivity index (χ1v) is 7.83. The molecule has 1 aliphatic heterocycles. The lowest BCUT2D eigenvalue weighted by Gasteiger charge is -2.72. The van der Waals surface area contributed by atoms with Crippen molar-refractivity contribution >= 4 is 0 Å². The van der Waals surface area contributed by atoms with Crippen molar-refractivity contribution < 1.29 is 0 Å². The van der Waals surface area contributed by atoms with E-state index in [-0.39, 0.29) is 0 Å². The lowest BCUT2D eigenvalue weighted by Crippen LogP contribution is -2.74. The zero-order chi connectivity index (χ0) is 11.7. The summed E-state index contributed by atoms with van der Waals surface area (Å²) in [5.41, 5.74) is 2.26. The van der Waals surface area contributed by atoms with E-state index in [0.717, 1.165) is 16.7 Å². The predicted octanol–water partition coefficient (Wildman–Crippen LogP) is 3.83. The summed E-state index contributed by atoms with van der Waals surface area (Å²) >= 11 is 0. The van der Waals surface area contributed by atoms with E-state index in [4.69, 9.17) is 0 Å². The molecule has 1 saturated heterocycles. The molecule has 0 unspecified atom stereocenters. The molecule has 0 N–H and O–H groups in total. The molecule has 1 heterocycles.